The van der Waals surface area contributed by atoms with Crippen molar-refractivity contribution in [2.75, 3.05) is 32.2 Å². The summed E-state index contributed by atoms with van der Waals surface area (Å²) in [4.78, 5) is 2.50. The Labute approximate surface area is 123 Å². The van der Waals surface area contributed by atoms with Gasteiger partial charge in [0.15, 0.2) is 0 Å². The highest BCUT2D eigenvalue weighted by Crippen LogP contribution is 2.29. The van der Waals surface area contributed by atoms with Crippen LogP contribution in [0.25, 0.3) is 0 Å². The number of nitrogens with two attached hydrogens (primary N) is 1. The van der Waals surface area contributed by atoms with Gasteiger partial charge in [0.1, 0.15) is 17.2 Å². The lowest BCUT2D eigenvalue weighted by Crippen LogP contribution is -2.27. The monoisotopic (exact) mass is 300 g/mol. The molecule has 2 atom stereocenters. The quantitative estimate of drug-likeness (QED) is 0.860. The molecular weight excluding hydrogens is 284 g/mol. The van der Waals surface area contributed by atoms with Crippen molar-refractivity contribution >= 4 is 34.5 Å². The predicted molar refractivity (Wildman–Crippen MR) is 81.1 cm³/mol. The first-order chi connectivity index (χ1) is 9.06. The molecule has 1 saturated heterocycles. The lowest BCUT2D eigenvalue weighted by molar-refractivity contribution is -0.00461. The molecule has 0 aromatic heterocycles. The number of ether oxygens (including phenoxy) is 2. The van der Waals surface area contributed by atoms with Gasteiger partial charge in [-0.25, -0.2) is 0 Å². The van der Waals surface area contributed by atoms with E-state index in [1.807, 2.05) is 12.1 Å². The molecule has 0 radical (unpaired) electrons. The fourth-order valence-electron chi connectivity index (χ4n) is 2.37. The number of anilines is 1. The van der Waals surface area contributed by atoms with Crippen molar-refractivity contribution in [3.05, 3.63) is 28.8 Å². The van der Waals surface area contributed by atoms with Crippen molar-refractivity contribution in [2.24, 2.45) is 5.73 Å². The third-order valence-corrected chi connectivity index (χ3v) is 3.84. The first kappa shape index (κ1) is 14.5. The summed E-state index contributed by atoms with van der Waals surface area (Å²) in [6.45, 7) is 1.45. The Morgan fingerprint density at radius 3 is 2.37 bits per heavy atom. The van der Waals surface area contributed by atoms with Gasteiger partial charge in [-0.1, -0.05) is 23.8 Å². The SMILES string of the molecule is COC1CN(c2cc(Cl)ccc2C(N)=S)CC1OC. The van der Waals surface area contributed by atoms with E-state index >= 15 is 0 Å². The highest BCUT2D eigenvalue weighted by atomic mass is 35.5. The van der Waals surface area contributed by atoms with Gasteiger partial charge >= 0.3 is 0 Å². The van der Waals surface area contributed by atoms with Gasteiger partial charge in [0, 0.05) is 43.6 Å². The molecule has 0 bridgehead atoms. The number of hydrogen-bond acceptors (Lipinski definition) is 4. The fraction of sp³-hybridized carbons (Fsp3) is 0.462. The van der Waals surface area contributed by atoms with Crippen LogP contribution in [0.3, 0.4) is 0 Å². The van der Waals surface area contributed by atoms with Gasteiger partial charge in [-0.05, 0) is 18.2 Å². The van der Waals surface area contributed by atoms with E-state index in [1.54, 1.807) is 20.3 Å². The maximum Gasteiger partial charge on any atom is 0.106 e. The number of nitrogens with zero attached hydrogens (tertiary/aromatic N) is 1. The lowest BCUT2D eigenvalue weighted by atomic mass is 10.1. The van der Waals surface area contributed by atoms with Gasteiger partial charge in [0.05, 0.1) is 0 Å². The van der Waals surface area contributed by atoms with Crippen molar-refractivity contribution in [1.29, 1.82) is 0 Å². The first-order valence-corrected chi connectivity index (χ1v) is 6.75. The van der Waals surface area contributed by atoms with Crippen LogP contribution >= 0.6 is 23.8 Å². The largest absolute Gasteiger partial charge is 0.389 e. The maximum absolute atomic E-state index is 6.07. The van der Waals surface area contributed by atoms with Gasteiger partial charge in [0.2, 0.25) is 0 Å². The molecule has 4 nitrogen and oxygen atoms in total. The summed E-state index contributed by atoms with van der Waals surface area (Å²) in [6, 6.07) is 5.51. The predicted octanol–water partition coefficient (Wildman–Crippen LogP) is 1.82. The van der Waals surface area contributed by atoms with Crippen LogP contribution in [0.1, 0.15) is 5.56 Å². The Kier molecular flexibility index (Phi) is 4.62. The van der Waals surface area contributed by atoms with Crippen LogP contribution in [-0.2, 0) is 9.47 Å². The molecule has 0 saturated carbocycles. The van der Waals surface area contributed by atoms with Gasteiger partial charge in [0.25, 0.3) is 0 Å². The highest BCUT2D eigenvalue weighted by molar-refractivity contribution is 7.80. The summed E-state index contributed by atoms with van der Waals surface area (Å²) in [5.74, 6) is 0. The third kappa shape index (κ3) is 3.00. The zero-order chi connectivity index (χ0) is 14.0. The summed E-state index contributed by atoms with van der Waals surface area (Å²) in [5, 5.41) is 0.657. The summed E-state index contributed by atoms with van der Waals surface area (Å²) >= 11 is 11.2. The first-order valence-electron chi connectivity index (χ1n) is 5.96. The number of rotatable bonds is 4. The Bertz CT molecular complexity index is 472. The normalized spacial score (nSPS) is 22.8. The zero-order valence-corrected chi connectivity index (χ0v) is 12.5. The van der Waals surface area contributed by atoms with Crippen LogP contribution in [0.4, 0.5) is 5.69 Å². The molecule has 2 N–H and O–H groups in total. The number of hydrogen-bond donors (Lipinski definition) is 1. The highest BCUT2D eigenvalue weighted by Gasteiger charge is 2.34. The van der Waals surface area contributed by atoms with Gasteiger partial charge in [-0.15, -0.1) is 0 Å². The van der Waals surface area contributed by atoms with Crippen LogP contribution in [-0.4, -0.2) is 44.5 Å². The molecular formula is C13H17ClN2O2S. The Hall–Kier alpha value is -0.880. The standard InChI is InChI=1S/C13H17ClN2O2S/c1-17-11-6-16(7-12(11)18-2)10-5-8(14)3-4-9(10)13(15)19/h3-5,11-12H,6-7H2,1-2H3,(H2,15,19). The lowest BCUT2D eigenvalue weighted by Gasteiger charge is -2.21. The molecule has 1 aromatic carbocycles. The van der Waals surface area contributed by atoms with E-state index in [-0.39, 0.29) is 12.2 Å². The third-order valence-electron chi connectivity index (χ3n) is 3.39. The minimum absolute atomic E-state index is 0.0307. The molecule has 104 valence electrons. The van der Waals surface area contributed by atoms with Crippen LogP contribution in [0.5, 0.6) is 0 Å². The van der Waals surface area contributed by atoms with Crippen molar-refractivity contribution in [1.82, 2.24) is 0 Å². The second-order valence-corrected chi connectivity index (χ2v) is 5.36. The van der Waals surface area contributed by atoms with Crippen LogP contribution in [0.2, 0.25) is 5.02 Å². The Morgan fingerprint density at radius 2 is 1.89 bits per heavy atom. The molecule has 1 heterocycles. The topological polar surface area (TPSA) is 47.7 Å². The van der Waals surface area contributed by atoms with Crippen molar-refractivity contribution in [3.8, 4) is 0 Å². The minimum atomic E-state index is 0.0307. The molecule has 2 unspecified atom stereocenters. The number of halogens is 1. The summed E-state index contributed by atoms with van der Waals surface area (Å²) in [5.41, 5.74) is 7.52. The molecule has 1 aliphatic rings. The van der Waals surface area contributed by atoms with Crippen LogP contribution in [0.15, 0.2) is 18.2 Å². The number of thiocarbonyl (C=S) groups is 1. The zero-order valence-electron chi connectivity index (χ0n) is 10.9. The van der Waals surface area contributed by atoms with E-state index in [0.29, 0.717) is 10.0 Å². The minimum Gasteiger partial charge on any atom is -0.389 e. The molecule has 1 aromatic rings. The Balaban J connectivity index is 2.32. The molecule has 19 heavy (non-hydrogen) atoms. The van der Waals surface area contributed by atoms with E-state index in [0.717, 1.165) is 24.3 Å². The maximum atomic E-state index is 6.07. The van der Waals surface area contributed by atoms with E-state index in [9.17, 15) is 0 Å². The van der Waals surface area contributed by atoms with E-state index in [1.165, 1.54) is 0 Å². The summed E-state index contributed by atoms with van der Waals surface area (Å²) in [7, 11) is 3.37. The van der Waals surface area contributed by atoms with E-state index in [2.05, 4.69) is 4.90 Å². The molecule has 2 rings (SSSR count). The Morgan fingerprint density at radius 1 is 1.32 bits per heavy atom. The second kappa shape index (κ2) is 6.05. The molecule has 1 aliphatic heterocycles. The average molecular weight is 301 g/mol. The van der Waals surface area contributed by atoms with E-state index < -0.39 is 0 Å². The molecule has 6 heteroatoms. The second-order valence-electron chi connectivity index (χ2n) is 4.48. The summed E-state index contributed by atoms with van der Waals surface area (Å²) < 4.78 is 10.9. The van der Waals surface area contributed by atoms with Gasteiger partial charge in [-0.3, -0.25) is 0 Å². The van der Waals surface area contributed by atoms with Gasteiger partial charge < -0.3 is 20.1 Å². The fourth-order valence-corrected chi connectivity index (χ4v) is 2.71. The van der Waals surface area contributed by atoms with Crippen molar-refractivity contribution in [2.45, 2.75) is 12.2 Å². The number of benzene rings is 1. The van der Waals surface area contributed by atoms with Gasteiger partial charge in [-0.2, -0.15) is 0 Å². The average Bonchev–Trinajstić information content (AvgIpc) is 2.81. The van der Waals surface area contributed by atoms with Crippen LogP contribution in [0, 0.1) is 0 Å². The molecule has 0 amide bonds. The summed E-state index contributed by atoms with van der Waals surface area (Å²) in [6.07, 6.45) is 0.0614. The van der Waals surface area contributed by atoms with Crippen LogP contribution < -0.4 is 10.6 Å². The van der Waals surface area contributed by atoms with Crippen molar-refractivity contribution < 1.29 is 9.47 Å². The molecule has 1 fully saturated rings. The molecule has 0 spiro atoms. The molecule has 0 aliphatic carbocycles. The van der Waals surface area contributed by atoms with Crippen molar-refractivity contribution in [3.63, 3.8) is 0 Å². The number of methoxy groups -OCH3 is 2. The smallest absolute Gasteiger partial charge is 0.106 e. The van der Waals surface area contributed by atoms with E-state index in [4.69, 9.17) is 39.0 Å².